The van der Waals surface area contributed by atoms with Crippen LogP contribution >= 0.6 is 0 Å². The van der Waals surface area contributed by atoms with Crippen LogP contribution in [0.25, 0.3) is 6.08 Å². The predicted molar refractivity (Wildman–Crippen MR) is 82.4 cm³/mol. The highest BCUT2D eigenvalue weighted by molar-refractivity contribution is 5.92. The highest BCUT2D eigenvalue weighted by Crippen LogP contribution is 2.32. The van der Waals surface area contributed by atoms with Crippen molar-refractivity contribution >= 4 is 12.0 Å². The van der Waals surface area contributed by atoms with E-state index in [0.29, 0.717) is 0 Å². The minimum absolute atomic E-state index is 0.0718. The number of amides is 1. The van der Waals surface area contributed by atoms with Crippen molar-refractivity contribution in [3.05, 3.63) is 60.2 Å². The van der Waals surface area contributed by atoms with Gasteiger partial charge in [0.15, 0.2) is 0 Å². The Kier molecular flexibility index (Phi) is 3.86. The highest BCUT2D eigenvalue weighted by atomic mass is 16.2. The van der Waals surface area contributed by atoms with E-state index in [0.717, 1.165) is 24.9 Å². The Balaban J connectivity index is 1.75. The van der Waals surface area contributed by atoms with E-state index in [9.17, 15) is 4.79 Å². The number of likely N-dealkylation sites (tertiary alicyclic amines) is 1. The summed E-state index contributed by atoms with van der Waals surface area (Å²) >= 11 is 0. The summed E-state index contributed by atoms with van der Waals surface area (Å²) in [6.45, 7) is 0.825. The summed E-state index contributed by atoms with van der Waals surface area (Å²) in [5.41, 5.74) is 2.15. The van der Waals surface area contributed by atoms with Gasteiger partial charge in [-0.25, -0.2) is 0 Å². The molecular weight excluding hydrogens is 262 g/mol. The second-order valence-corrected chi connectivity index (χ2v) is 5.35. The van der Waals surface area contributed by atoms with Crippen LogP contribution in [0.5, 0.6) is 0 Å². The van der Waals surface area contributed by atoms with Crippen LogP contribution < -0.4 is 0 Å². The molecule has 1 amide bonds. The molecule has 0 radical (unpaired) electrons. The zero-order valence-electron chi connectivity index (χ0n) is 12.1. The Hall–Kier alpha value is -2.36. The van der Waals surface area contributed by atoms with E-state index in [1.165, 1.54) is 5.69 Å². The fourth-order valence-electron chi connectivity index (χ4n) is 2.90. The quantitative estimate of drug-likeness (QED) is 0.811. The normalized spacial score (nSPS) is 18.5. The van der Waals surface area contributed by atoms with Crippen molar-refractivity contribution in [2.75, 3.05) is 6.54 Å². The monoisotopic (exact) mass is 281 g/mol. The molecule has 0 aromatic carbocycles. The van der Waals surface area contributed by atoms with Gasteiger partial charge in [0.1, 0.15) is 0 Å². The molecule has 1 saturated heterocycles. The number of hydrogen-bond acceptors (Lipinski definition) is 2. The molecule has 1 atom stereocenters. The third-order valence-corrected chi connectivity index (χ3v) is 3.96. The van der Waals surface area contributed by atoms with Crippen molar-refractivity contribution in [3.63, 3.8) is 0 Å². The molecule has 0 aliphatic carbocycles. The standard InChI is InChI=1S/C17H19N3O/c1-19-11-3-6-15(19)16-7-4-12-20(16)17(21)9-8-14-5-2-10-18-13-14/h2-3,5-6,8-11,13,16H,4,7,12H2,1H3/b9-8-/t16-/m0/s1. The molecular formula is C17H19N3O. The maximum Gasteiger partial charge on any atom is 0.247 e. The largest absolute Gasteiger partial charge is 0.353 e. The van der Waals surface area contributed by atoms with Gasteiger partial charge < -0.3 is 9.47 Å². The van der Waals surface area contributed by atoms with E-state index in [-0.39, 0.29) is 11.9 Å². The third-order valence-electron chi connectivity index (χ3n) is 3.96. The van der Waals surface area contributed by atoms with Crippen LogP contribution in [0.15, 0.2) is 48.9 Å². The second kappa shape index (κ2) is 5.95. The summed E-state index contributed by atoms with van der Waals surface area (Å²) in [5.74, 6) is 0.0718. The van der Waals surface area contributed by atoms with Gasteiger partial charge >= 0.3 is 0 Å². The molecule has 3 rings (SSSR count). The van der Waals surface area contributed by atoms with Gasteiger partial charge in [0, 0.05) is 44.0 Å². The van der Waals surface area contributed by atoms with Crippen molar-refractivity contribution in [2.24, 2.45) is 7.05 Å². The minimum Gasteiger partial charge on any atom is -0.353 e. The maximum absolute atomic E-state index is 12.4. The molecule has 0 spiro atoms. The lowest BCUT2D eigenvalue weighted by molar-refractivity contribution is -0.126. The van der Waals surface area contributed by atoms with Crippen molar-refractivity contribution < 1.29 is 4.79 Å². The molecule has 4 heteroatoms. The molecule has 0 N–H and O–H groups in total. The molecule has 108 valence electrons. The first kappa shape index (κ1) is 13.6. The molecule has 0 unspecified atom stereocenters. The van der Waals surface area contributed by atoms with Crippen LogP contribution in [-0.4, -0.2) is 26.9 Å². The maximum atomic E-state index is 12.4. The number of carbonyl (C=O) groups is 1. The Morgan fingerprint density at radius 3 is 3.00 bits per heavy atom. The molecule has 3 heterocycles. The van der Waals surface area contributed by atoms with E-state index in [4.69, 9.17) is 0 Å². The van der Waals surface area contributed by atoms with Gasteiger partial charge in [0.2, 0.25) is 5.91 Å². The first-order valence-electron chi connectivity index (χ1n) is 7.25. The number of hydrogen-bond donors (Lipinski definition) is 0. The molecule has 1 fully saturated rings. The number of pyridine rings is 1. The summed E-state index contributed by atoms with van der Waals surface area (Å²) in [5, 5.41) is 0. The van der Waals surface area contributed by atoms with Crippen molar-refractivity contribution in [1.29, 1.82) is 0 Å². The number of aromatic nitrogens is 2. The van der Waals surface area contributed by atoms with Crippen molar-refractivity contribution in [2.45, 2.75) is 18.9 Å². The zero-order chi connectivity index (χ0) is 14.7. The van der Waals surface area contributed by atoms with E-state index in [1.807, 2.05) is 42.4 Å². The molecule has 0 saturated carbocycles. The number of rotatable bonds is 3. The van der Waals surface area contributed by atoms with E-state index >= 15 is 0 Å². The topological polar surface area (TPSA) is 38.1 Å². The van der Waals surface area contributed by atoms with Crippen molar-refractivity contribution in [3.8, 4) is 0 Å². The summed E-state index contributed by atoms with van der Waals surface area (Å²) in [4.78, 5) is 18.5. The molecule has 21 heavy (non-hydrogen) atoms. The zero-order valence-corrected chi connectivity index (χ0v) is 12.1. The van der Waals surface area contributed by atoms with Crippen LogP contribution in [0.2, 0.25) is 0 Å². The van der Waals surface area contributed by atoms with Crippen LogP contribution in [-0.2, 0) is 11.8 Å². The van der Waals surface area contributed by atoms with E-state index in [2.05, 4.69) is 15.6 Å². The summed E-state index contributed by atoms with van der Waals surface area (Å²) < 4.78 is 2.10. The lowest BCUT2D eigenvalue weighted by Gasteiger charge is -2.24. The van der Waals surface area contributed by atoms with Gasteiger partial charge in [-0.15, -0.1) is 0 Å². The number of carbonyl (C=O) groups excluding carboxylic acids is 1. The van der Waals surface area contributed by atoms with E-state index in [1.54, 1.807) is 18.5 Å². The van der Waals surface area contributed by atoms with Crippen LogP contribution in [0.3, 0.4) is 0 Å². The molecule has 1 aliphatic heterocycles. The Morgan fingerprint density at radius 2 is 2.29 bits per heavy atom. The third kappa shape index (κ3) is 2.89. The fraction of sp³-hybridized carbons (Fsp3) is 0.294. The summed E-state index contributed by atoms with van der Waals surface area (Å²) in [6, 6.07) is 8.13. The van der Waals surface area contributed by atoms with Gasteiger partial charge in [0.05, 0.1) is 6.04 Å². The van der Waals surface area contributed by atoms with Gasteiger partial charge in [-0.1, -0.05) is 6.07 Å². The number of aryl methyl sites for hydroxylation is 1. The lowest BCUT2D eigenvalue weighted by atomic mass is 10.1. The molecule has 0 bridgehead atoms. The predicted octanol–water partition coefficient (Wildman–Crippen LogP) is 2.80. The van der Waals surface area contributed by atoms with Gasteiger partial charge in [-0.3, -0.25) is 9.78 Å². The SMILES string of the molecule is Cn1cccc1[C@@H]1CCCN1C(=O)/C=C\c1cccnc1. The highest BCUT2D eigenvalue weighted by Gasteiger charge is 2.29. The minimum atomic E-state index is 0.0718. The van der Waals surface area contributed by atoms with Crippen molar-refractivity contribution in [1.82, 2.24) is 14.5 Å². The first-order valence-corrected chi connectivity index (χ1v) is 7.25. The smallest absolute Gasteiger partial charge is 0.247 e. The van der Waals surface area contributed by atoms with Crippen LogP contribution in [0, 0.1) is 0 Å². The second-order valence-electron chi connectivity index (χ2n) is 5.35. The molecule has 1 aliphatic rings. The van der Waals surface area contributed by atoms with Gasteiger partial charge in [-0.2, -0.15) is 0 Å². The average molecular weight is 281 g/mol. The van der Waals surface area contributed by atoms with Gasteiger partial charge in [-0.05, 0) is 42.7 Å². The first-order chi connectivity index (χ1) is 10.3. The molecule has 2 aromatic rings. The summed E-state index contributed by atoms with van der Waals surface area (Å²) in [7, 11) is 2.03. The van der Waals surface area contributed by atoms with E-state index < -0.39 is 0 Å². The molecule has 2 aromatic heterocycles. The van der Waals surface area contributed by atoms with Crippen LogP contribution in [0.1, 0.15) is 30.1 Å². The Bertz CT molecular complexity index is 645. The summed E-state index contributed by atoms with van der Waals surface area (Å²) in [6.07, 6.45) is 11.1. The van der Waals surface area contributed by atoms with Crippen LogP contribution in [0.4, 0.5) is 0 Å². The molecule has 4 nitrogen and oxygen atoms in total. The van der Waals surface area contributed by atoms with Gasteiger partial charge in [0.25, 0.3) is 0 Å². The average Bonchev–Trinajstić information content (AvgIpc) is 3.14. The fourth-order valence-corrected chi connectivity index (χ4v) is 2.90. The number of nitrogens with zero attached hydrogens (tertiary/aromatic N) is 3. The Morgan fingerprint density at radius 1 is 1.38 bits per heavy atom. The lowest BCUT2D eigenvalue weighted by Crippen LogP contribution is -2.29. The Labute approximate surface area is 124 Å².